The standard InChI is InChI=1S/C22H24F3NO3S/c23-22(24,25)19-4-1-16(2-5-19)15-30-12-11-26-9-7-17-3-6-20(29-14-21(27)28)13-18(17)8-10-26/h1-6,13H,7-12,14-15H2,(H,27,28). The molecule has 0 aromatic heterocycles. The number of hydrogen-bond acceptors (Lipinski definition) is 4. The molecule has 2 aromatic carbocycles. The number of thioether (sulfide) groups is 1. The van der Waals surface area contributed by atoms with E-state index in [-0.39, 0.29) is 6.61 Å². The van der Waals surface area contributed by atoms with Crippen LogP contribution in [0.25, 0.3) is 0 Å². The Hall–Kier alpha value is -2.19. The molecule has 4 nitrogen and oxygen atoms in total. The number of hydrogen-bond donors (Lipinski definition) is 1. The van der Waals surface area contributed by atoms with Gasteiger partial charge in [-0.2, -0.15) is 24.9 Å². The summed E-state index contributed by atoms with van der Waals surface area (Å²) in [4.78, 5) is 13.0. The first-order chi connectivity index (χ1) is 14.3. The normalized spacial score (nSPS) is 14.8. The topological polar surface area (TPSA) is 49.8 Å². The Morgan fingerprint density at radius 1 is 1.07 bits per heavy atom. The zero-order valence-electron chi connectivity index (χ0n) is 16.5. The summed E-state index contributed by atoms with van der Waals surface area (Å²) < 4.78 is 43.1. The summed E-state index contributed by atoms with van der Waals surface area (Å²) in [6.07, 6.45) is -2.49. The Labute approximate surface area is 178 Å². The number of carboxylic acids is 1. The Balaban J connectivity index is 1.42. The number of fused-ring (bicyclic) bond motifs is 1. The lowest BCUT2D eigenvalue weighted by molar-refractivity contribution is -0.139. The Morgan fingerprint density at radius 3 is 2.43 bits per heavy atom. The Morgan fingerprint density at radius 2 is 1.77 bits per heavy atom. The van der Waals surface area contributed by atoms with Gasteiger partial charge in [0.2, 0.25) is 0 Å². The summed E-state index contributed by atoms with van der Waals surface area (Å²) in [6, 6.07) is 11.1. The van der Waals surface area contributed by atoms with Crippen LogP contribution in [0.15, 0.2) is 42.5 Å². The van der Waals surface area contributed by atoms with Crippen LogP contribution in [0.4, 0.5) is 13.2 Å². The van der Waals surface area contributed by atoms with Crippen LogP contribution < -0.4 is 4.74 Å². The summed E-state index contributed by atoms with van der Waals surface area (Å²) in [7, 11) is 0. The van der Waals surface area contributed by atoms with E-state index in [1.807, 2.05) is 18.2 Å². The van der Waals surface area contributed by atoms with Crippen molar-refractivity contribution in [2.24, 2.45) is 0 Å². The largest absolute Gasteiger partial charge is 0.482 e. The van der Waals surface area contributed by atoms with Crippen molar-refractivity contribution in [3.8, 4) is 5.75 Å². The maximum atomic E-state index is 12.6. The Kier molecular flexibility index (Phi) is 7.66. The molecule has 0 atom stereocenters. The second-order valence-electron chi connectivity index (χ2n) is 7.20. The van der Waals surface area contributed by atoms with E-state index in [1.54, 1.807) is 23.9 Å². The number of ether oxygens (including phenoxy) is 1. The molecule has 30 heavy (non-hydrogen) atoms. The van der Waals surface area contributed by atoms with E-state index in [1.165, 1.54) is 11.1 Å². The van der Waals surface area contributed by atoms with Gasteiger partial charge in [-0.3, -0.25) is 0 Å². The molecular formula is C22H24F3NO3S. The number of alkyl halides is 3. The van der Waals surface area contributed by atoms with Crippen molar-refractivity contribution < 1.29 is 27.8 Å². The van der Waals surface area contributed by atoms with Gasteiger partial charge in [0, 0.05) is 31.1 Å². The summed E-state index contributed by atoms with van der Waals surface area (Å²) in [5.41, 5.74) is 2.73. The molecule has 0 aliphatic carbocycles. The van der Waals surface area contributed by atoms with Crippen molar-refractivity contribution in [3.05, 3.63) is 64.7 Å². The van der Waals surface area contributed by atoms with Crippen LogP contribution in [0.5, 0.6) is 5.75 Å². The fourth-order valence-electron chi connectivity index (χ4n) is 3.38. The summed E-state index contributed by atoms with van der Waals surface area (Å²) >= 11 is 1.72. The summed E-state index contributed by atoms with van der Waals surface area (Å²) in [5.74, 6) is 1.18. The predicted octanol–water partition coefficient (Wildman–Crippen LogP) is 4.50. The molecule has 0 saturated carbocycles. The smallest absolute Gasteiger partial charge is 0.416 e. The third-order valence-corrected chi connectivity index (χ3v) is 6.05. The monoisotopic (exact) mass is 439 g/mol. The highest BCUT2D eigenvalue weighted by atomic mass is 32.2. The predicted molar refractivity (Wildman–Crippen MR) is 111 cm³/mol. The second-order valence-corrected chi connectivity index (χ2v) is 8.31. The lowest BCUT2D eigenvalue weighted by atomic mass is 10.0. The minimum Gasteiger partial charge on any atom is -0.482 e. The molecule has 1 aliphatic heterocycles. The van der Waals surface area contributed by atoms with Crippen LogP contribution in [-0.2, 0) is 29.6 Å². The average Bonchev–Trinajstić information content (AvgIpc) is 2.91. The van der Waals surface area contributed by atoms with Gasteiger partial charge in [0.05, 0.1) is 5.56 Å². The molecule has 0 unspecified atom stereocenters. The van der Waals surface area contributed by atoms with Crippen LogP contribution in [-0.4, -0.2) is 48.0 Å². The number of rotatable bonds is 8. The van der Waals surface area contributed by atoms with Crippen LogP contribution >= 0.6 is 11.8 Å². The van der Waals surface area contributed by atoms with Crippen LogP contribution in [0.1, 0.15) is 22.3 Å². The van der Waals surface area contributed by atoms with Gasteiger partial charge in [-0.1, -0.05) is 18.2 Å². The van der Waals surface area contributed by atoms with Gasteiger partial charge in [-0.15, -0.1) is 0 Å². The van der Waals surface area contributed by atoms with Crippen molar-refractivity contribution in [3.63, 3.8) is 0 Å². The highest BCUT2D eigenvalue weighted by molar-refractivity contribution is 7.98. The molecule has 0 amide bonds. The fourth-order valence-corrected chi connectivity index (χ4v) is 4.34. The van der Waals surface area contributed by atoms with Crippen LogP contribution in [0, 0.1) is 0 Å². The van der Waals surface area contributed by atoms with Crippen molar-refractivity contribution >= 4 is 17.7 Å². The molecular weight excluding hydrogens is 415 g/mol. The van der Waals surface area contributed by atoms with E-state index in [4.69, 9.17) is 9.84 Å². The summed E-state index contributed by atoms with van der Waals surface area (Å²) in [6.45, 7) is 2.43. The van der Waals surface area contributed by atoms with E-state index < -0.39 is 17.7 Å². The second kappa shape index (κ2) is 10.2. The van der Waals surface area contributed by atoms with Gasteiger partial charge < -0.3 is 14.7 Å². The van der Waals surface area contributed by atoms with Crippen LogP contribution in [0.2, 0.25) is 0 Å². The van der Waals surface area contributed by atoms with Gasteiger partial charge in [-0.25, -0.2) is 4.79 Å². The minimum atomic E-state index is -4.29. The first-order valence-corrected chi connectivity index (χ1v) is 10.9. The molecule has 8 heteroatoms. The van der Waals surface area contributed by atoms with Gasteiger partial charge >= 0.3 is 12.1 Å². The van der Waals surface area contributed by atoms with Gasteiger partial charge in [0.15, 0.2) is 6.61 Å². The Bertz CT molecular complexity index is 856. The van der Waals surface area contributed by atoms with Gasteiger partial charge in [0.25, 0.3) is 0 Å². The molecule has 162 valence electrons. The number of aliphatic carboxylic acids is 1. The fraction of sp³-hybridized carbons (Fsp3) is 0.409. The number of halogens is 3. The average molecular weight is 439 g/mol. The van der Waals surface area contributed by atoms with Crippen molar-refractivity contribution in [1.82, 2.24) is 4.90 Å². The lowest BCUT2D eigenvalue weighted by Crippen LogP contribution is -2.28. The zero-order chi connectivity index (χ0) is 21.6. The molecule has 0 spiro atoms. The number of carbonyl (C=O) groups is 1. The van der Waals surface area contributed by atoms with E-state index >= 15 is 0 Å². The molecule has 1 N–H and O–H groups in total. The lowest BCUT2D eigenvalue weighted by Gasteiger charge is -2.19. The van der Waals surface area contributed by atoms with Gasteiger partial charge in [-0.05, 0) is 53.8 Å². The number of nitrogens with zero attached hydrogens (tertiary/aromatic N) is 1. The molecule has 2 aromatic rings. The molecule has 0 saturated heterocycles. The number of benzene rings is 2. The van der Waals surface area contributed by atoms with E-state index in [0.29, 0.717) is 11.5 Å². The van der Waals surface area contributed by atoms with Crippen LogP contribution in [0.3, 0.4) is 0 Å². The molecule has 3 rings (SSSR count). The molecule has 0 fully saturated rings. The van der Waals surface area contributed by atoms with Gasteiger partial charge in [0.1, 0.15) is 5.75 Å². The third-order valence-electron chi connectivity index (χ3n) is 5.04. The third kappa shape index (κ3) is 6.67. The van der Waals surface area contributed by atoms with E-state index in [0.717, 1.165) is 55.9 Å². The SMILES string of the molecule is O=C(O)COc1ccc2c(c1)CCN(CCSCc1ccc(C(F)(F)F)cc1)CC2. The zero-order valence-corrected chi connectivity index (χ0v) is 17.3. The molecule has 1 aliphatic rings. The summed E-state index contributed by atoms with van der Waals surface area (Å²) in [5, 5.41) is 8.73. The minimum absolute atomic E-state index is 0.346. The maximum absolute atomic E-state index is 12.6. The number of carboxylic acid groups (broad SMARTS) is 1. The van der Waals surface area contributed by atoms with E-state index in [9.17, 15) is 18.0 Å². The quantitative estimate of drug-likeness (QED) is 0.614. The first-order valence-electron chi connectivity index (χ1n) is 9.74. The highest BCUT2D eigenvalue weighted by Gasteiger charge is 2.29. The molecule has 1 heterocycles. The van der Waals surface area contributed by atoms with E-state index in [2.05, 4.69) is 4.90 Å². The van der Waals surface area contributed by atoms with Crippen molar-refractivity contribution in [2.45, 2.75) is 24.8 Å². The highest BCUT2D eigenvalue weighted by Crippen LogP contribution is 2.29. The molecule has 0 bridgehead atoms. The van der Waals surface area contributed by atoms with Crippen molar-refractivity contribution in [1.29, 1.82) is 0 Å². The molecule has 0 radical (unpaired) electrons. The van der Waals surface area contributed by atoms with Crippen molar-refractivity contribution in [2.75, 3.05) is 32.0 Å². The first kappa shape index (κ1) is 22.5. The maximum Gasteiger partial charge on any atom is 0.416 e.